The molecule has 1 aromatic carbocycles. The molecule has 2 aromatic rings. The van der Waals surface area contributed by atoms with Gasteiger partial charge in [0.1, 0.15) is 12.4 Å². The number of halogens is 3. The van der Waals surface area contributed by atoms with Crippen LogP contribution in [-0.4, -0.2) is 11.2 Å². The first-order valence-electron chi connectivity index (χ1n) is 6.36. The largest absolute Gasteiger partial charge is 0.481 e. The van der Waals surface area contributed by atoms with Crippen LogP contribution in [0.5, 0.6) is 5.75 Å². The van der Waals surface area contributed by atoms with Gasteiger partial charge in [-0.15, -0.1) is 6.42 Å². The maximum absolute atomic E-state index is 14.2. The fourth-order valence-corrected chi connectivity index (χ4v) is 2.15. The fraction of sp³-hybridized carbons (Fsp3) is 0.188. The molecule has 0 bridgehead atoms. The monoisotopic (exact) mass is 411 g/mol. The second-order valence-electron chi connectivity index (χ2n) is 4.29. The summed E-state index contributed by atoms with van der Waals surface area (Å²) in [7, 11) is 0. The van der Waals surface area contributed by atoms with Crippen molar-refractivity contribution in [2.75, 3.05) is 6.61 Å². The Balaban J connectivity index is 0.00000264. The second-order valence-corrected chi connectivity index (χ2v) is 4.70. The van der Waals surface area contributed by atoms with Gasteiger partial charge in [-0.05, 0) is 12.5 Å². The zero-order valence-electron chi connectivity index (χ0n) is 12.2. The van der Waals surface area contributed by atoms with Crippen LogP contribution in [0.3, 0.4) is 0 Å². The van der Waals surface area contributed by atoms with Crippen LogP contribution in [-0.2, 0) is 39.3 Å². The zero-order chi connectivity index (χ0) is 16.3. The molecular formula is C16H11ClF2NO2Y-. The number of terminal acetylenes is 1. The van der Waals surface area contributed by atoms with E-state index in [1.165, 1.54) is 6.07 Å². The predicted octanol–water partition coefficient (Wildman–Crippen LogP) is 3.28. The summed E-state index contributed by atoms with van der Waals surface area (Å²) in [4.78, 5) is 11.9. The maximum atomic E-state index is 14.2. The minimum atomic E-state index is -0.882. The molecule has 0 saturated carbocycles. The SMILES string of the molecule is C#CCOc1cc(F)c(-c2[c-]cc(Cl)c(=O)n2CC)c(F)c1.[Y]. The van der Waals surface area contributed by atoms with Crippen LogP contribution in [0.15, 0.2) is 23.0 Å². The van der Waals surface area contributed by atoms with Gasteiger partial charge < -0.3 is 9.30 Å². The molecular weight excluding hydrogens is 401 g/mol. The Labute approximate surface area is 162 Å². The predicted molar refractivity (Wildman–Crippen MR) is 79.9 cm³/mol. The fourth-order valence-electron chi connectivity index (χ4n) is 2.00. The average Bonchev–Trinajstić information content (AvgIpc) is 2.48. The number of aromatic nitrogens is 1. The molecule has 0 aliphatic carbocycles. The van der Waals surface area contributed by atoms with Gasteiger partial charge in [-0.25, -0.2) is 8.78 Å². The Morgan fingerprint density at radius 1 is 1.39 bits per heavy atom. The quantitative estimate of drug-likeness (QED) is 0.571. The van der Waals surface area contributed by atoms with Crippen molar-refractivity contribution in [3.8, 4) is 29.4 Å². The molecule has 0 unspecified atom stereocenters. The molecule has 0 amide bonds. The van der Waals surface area contributed by atoms with Crippen LogP contribution >= 0.6 is 11.6 Å². The Morgan fingerprint density at radius 3 is 2.52 bits per heavy atom. The number of nitrogens with zero attached hydrogens (tertiary/aromatic N) is 1. The third kappa shape index (κ3) is 4.20. The van der Waals surface area contributed by atoms with E-state index < -0.39 is 17.2 Å². The van der Waals surface area contributed by atoms with Crippen molar-refractivity contribution in [1.82, 2.24) is 4.57 Å². The Morgan fingerprint density at radius 2 is 2.00 bits per heavy atom. The Bertz CT molecular complexity index is 792. The van der Waals surface area contributed by atoms with Gasteiger partial charge in [0.05, 0.1) is 11.6 Å². The molecule has 117 valence electrons. The van der Waals surface area contributed by atoms with E-state index >= 15 is 0 Å². The van der Waals surface area contributed by atoms with Crippen molar-refractivity contribution >= 4 is 11.6 Å². The third-order valence-electron chi connectivity index (χ3n) is 2.95. The molecule has 3 nitrogen and oxygen atoms in total. The van der Waals surface area contributed by atoms with Crippen molar-refractivity contribution in [2.45, 2.75) is 13.5 Å². The van der Waals surface area contributed by atoms with Gasteiger partial charge in [0, 0.05) is 56.4 Å². The average molecular weight is 412 g/mol. The number of pyridine rings is 1. The standard InChI is InChI=1S/C16H11ClF2NO2.Y/c1-3-7-22-10-8-12(18)15(13(19)9-10)14-6-5-11(17)16(21)20(14)4-2;/h1,5,8-9H,4,7H2,2H3;/q-1;. The van der Waals surface area contributed by atoms with E-state index in [9.17, 15) is 13.6 Å². The van der Waals surface area contributed by atoms with Crippen molar-refractivity contribution in [1.29, 1.82) is 0 Å². The number of rotatable bonds is 4. The Kier molecular flexibility index (Phi) is 7.40. The van der Waals surface area contributed by atoms with Gasteiger partial charge >= 0.3 is 0 Å². The smallest absolute Gasteiger partial charge is 0.212 e. The van der Waals surface area contributed by atoms with E-state index in [-0.39, 0.29) is 67.9 Å². The van der Waals surface area contributed by atoms with Crippen molar-refractivity contribution in [3.05, 3.63) is 51.3 Å². The van der Waals surface area contributed by atoms with Crippen LogP contribution in [0.1, 0.15) is 6.92 Å². The number of ether oxygens (including phenoxy) is 1. The van der Waals surface area contributed by atoms with Gasteiger partial charge in [-0.1, -0.05) is 11.6 Å². The van der Waals surface area contributed by atoms with E-state index in [1.807, 2.05) is 0 Å². The summed E-state index contributed by atoms with van der Waals surface area (Å²) in [5.41, 5.74) is -0.927. The number of hydrogen-bond donors (Lipinski definition) is 0. The number of benzene rings is 1. The van der Waals surface area contributed by atoms with Gasteiger partial charge in [0.2, 0.25) is 5.56 Å². The first kappa shape index (κ1) is 19.8. The first-order valence-corrected chi connectivity index (χ1v) is 6.74. The van der Waals surface area contributed by atoms with Crippen molar-refractivity contribution in [2.24, 2.45) is 0 Å². The van der Waals surface area contributed by atoms with Crippen LogP contribution in [0, 0.1) is 30.0 Å². The molecule has 0 spiro atoms. The number of hydrogen-bond acceptors (Lipinski definition) is 2. The van der Waals surface area contributed by atoms with E-state index in [0.29, 0.717) is 0 Å². The molecule has 1 radical (unpaired) electrons. The van der Waals surface area contributed by atoms with Crippen LogP contribution in [0.4, 0.5) is 8.78 Å². The van der Waals surface area contributed by atoms with E-state index in [2.05, 4.69) is 12.0 Å². The van der Waals surface area contributed by atoms with Crippen molar-refractivity contribution < 1.29 is 46.2 Å². The molecule has 7 heteroatoms. The van der Waals surface area contributed by atoms with Crippen LogP contribution in [0.25, 0.3) is 11.3 Å². The molecule has 2 rings (SSSR count). The summed E-state index contributed by atoms with van der Waals surface area (Å²) in [5.74, 6) is 0.404. The third-order valence-corrected chi connectivity index (χ3v) is 3.22. The van der Waals surface area contributed by atoms with Gasteiger partial charge in [-0.2, -0.15) is 23.7 Å². The second kappa shape index (κ2) is 8.58. The molecule has 0 saturated heterocycles. The van der Waals surface area contributed by atoms with E-state index in [4.69, 9.17) is 22.8 Å². The molecule has 0 fully saturated rings. The summed E-state index contributed by atoms with van der Waals surface area (Å²) < 4.78 is 34.6. The van der Waals surface area contributed by atoms with Gasteiger partial charge in [-0.3, -0.25) is 4.79 Å². The molecule has 0 aliphatic heterocycles. The molecule has 1 aromatic heterocycles. The van der Waals surface area contributed by atoms with Gasteiger partial charge in [0.25, 0.3) is 0 Å². The molecule has 1 heterocycles. The first-order chi connectivity index (χ1) is 10.5. The minimum Gasteiger partial charge on any atom is -0.481 e. The summed E-state index contributed by atoms with van der Waals surface area (Å²) in [6.45, 7) is 1.75. The summed E-state index contributed by atoms with van der Waals surface area (Å²) in [6, 6.07) is 5.83. The topological polar surface area (TPSA) is 31.2 Å². The summed E-state index contributed by atoms with van der Waals surface area (Å²) >= 11 is 5.72. The molecule has 0 N–H and O–H groups in total. The van der Waals surface area contributed by atoms with Crippen LogP contribution in [0.2, 0.25) is 5.02 Å². The normalized spacial score (nSPS) is 9.87. The molecule has 23 heavy (non-hydrogen) atoms. The Hall–Kier alpha value is -1.22. The minimum absolute atomic E-state index is 0. The zero-order valence-corrected chi connectivity index (χ0v) is 15.8. The maximum Gasteiger partial charge on any atom is 0.212 e. The van der Waals surface area contributed by atoms with E-state index in [1.54, 1.807) is 6.92 Å². The summed E-state index contributed by atoms with van der Waals surface area (Å²) in [5, 5.41) is -0.0691. The molecule has 0 atom stereocenters. The van der Waals surface area contributed by atoms with Gasteiger partial charge in [0.15, 0.2) is 0 Å². The van der Waals surface area contributed by atoms with E-state index in [0.717, 1.165) is 16.7 Å². The van der Waals surface area contributed by atoms with Crippen LogP contribution < -0.4 is 10.3 Å². The molecule has 0 aliphatic rings. The summed E-state index contributed by atoms with van der Waals surface area (Å²) in [6.07, 6.45) is 5.02. The van der Waals surface area contributed by atoms with Crippen molar-refractivity contribution in [3.63, 3.8) is 0 Å².